The topological polar surface area (TPSA) is 62.9 Å². The van der Waals surface area contributed by atoms with Gasteiger partial charge in [-0.2, -0.15) is 0 Å². The third kappa shape index (κ3) is 1.46. The van der Waals surface area contributed by atoms with Gasteiger partial charge in [0.15, 0.2) is 16.1 Å². The van der Waals surface area contributed by atoms with E-state index in [1.54, 1.807) is 20.5 Å². The lowest BCUT2D eigenvalue weighted by Crippen LogP contribution is -1.89. The Morgan fingerprint density at radius 1 is 1.11 bits per heavy atom. The van der Waals surface area contributed by atoms with Crippen LogP contribution in [0.15, 0.2) is 18.5 Å². The normalized spacial score (nSPS) is 11.0. The van der Waals surface area contributed by atoms with Gasteiger partial charge in [0.1, 0.15) is 5.52 Å². The summed E-state index contributed by atoms with van der Waals surface area (Å²) in [4.78, 5) is 10.4. The molecule has 6 heteroatoms. The number of aromatic nitrogens is 3. The molecule has 5 nitrogen and oxygen atoms in total. The minimum absolute atomic E-state index is 0.540. The first-order valence-electron chi connectivity index (χ1n) is 5.35. The fourth-order valence-corrected chi connectivity index (χ4v) is 2.26. The number of hydrogen-bond acceptors (Lipinski definition) is 4. The van der Waals surface area contributed by atoms with E-state index in [0.717, 1.165) is 21.9 Å². The predicted molar refractivity (Wildman–Crippen MR) is 71.9 cm³/mol. The molecule has 1 aromatic carbocycles. The van der Waals surface area contributed by atoms with Gasteiger partial charge in [-0.3, -0.25) is 0 Å². The summed E-state index contributed by atoms with van der Waals surface area (Å²) in [6.45, 7) is 0. The van der Waals surface area contributed by atoms with Crippen LogP contribution in [0, 0.1) is 4.64 Å². The molecule has 2 aromatic heterocycles. The summed E-state index contributed by atoms with van der Waals surface area (Å²) in [6.07, 6.45) is 1.59. The fourth-order valence-electron chi connectivity index (χ4n) is 2.05. The molecule has 18 heavy (non-hydrogen) atoms. The maximum Gasteiger partial charge on any atom is 0.162 e. The van der Waals surface area contributed by atoms with E-state index in [4.69, 9.17) is 21.7 Å². The van der Waals surface area contributed by atoms with Crippen molar-refractivity contribution >= 4 is 34.2 Å². The lowest BCUT2D eigenvalue weighted by Gasteiger charge is -2.06. The van der Waals surface area contributed by atoms with Crippen LogP contribution >= 0.6 is 12.2 Å². The average Bonchev–Trinajstić information content (AvgIpc) is 2.76. The zero-order chi connectivity index (χ0) is 12.7. The van der Waals surface area contributed by atoms with Gasteiger partial charge in [0.25, 0.3) is 0 Å². The lowest BCUT2D eigenvalue weighted by molar-refractivity contribution is 0.356. The van der Waals surface area contributed by atoms with E-state index < -0.39 is 0 Å². The van der Waals surface area contributed by atoms with Crippen LogP contribution in [0.1, 0.15) is 0 Å². The molecular weight excluding hydrogens is 250 g/mol. The molecule has 0 fully saturated rings. The monoisotopic (exact) mass is 261 g/mol. The van der Waals surface area contributed by atoms with Gasteiger partial charge < -0.3 is 19.4 Å². The molecule has 0 atom stereocenters. The Kier molecular flexibility index (Phi) is 2.45. The lowest BCUT2D eigenvalue weighted by atomic mass is 10.2. The maximum absolute atomic E-state index is 5.30. The molecule has 0 aliphatic carbocycles. The Hall–Kier alpha value is -2.08. The number of benzene rings is 1. The van der Waals surface area contributed by atoms with Gasteiger partial charge in [-0.05, 0) is 6.07 Å². The van der Waals surface area contributed by atoms with Gasteiger partial charge in [-0.1, -0.05) is 12.2 Å². The number of rotatable bonds is 2. The van der Waals surface area contributed by atoms with Crippen molar-refractivity contribution in [2.24, 2.45) is 0 Å². The van der Waals surface area contributed by atoms with Crippen LogP contribution in [-0.4, -0.2) is 29.2 Å². The standard InChI is InChI=1S/C12H11N3O2S/c1-16-8-3-6-7(4-9(8)17-2)15-11-10(6)13-5-14-12(11)18/h3-5,15H,1-2H3,(H,13,14,18). The summed E-state index contributed by atoms with van der Waals surface area (Å²) in [7, 11) is 3.22. The Bertz CT molecular complexity index is 791. The predicted octanol–water partition coefficient (Wildman–Crippen LogP) is 2.79. The molecule has 0 bridgehead atoms. The number of methoxy groups -OCH3 is 2. The van der Waals surface area contributed by atoms with Crippen LogP contribution in [0.4, 0.5) is 0 Å². The summed E-state index contributed by atoms with van der Waals surface area (Å²) in [5, 5.41) is 0.996. The SMILES string of the molecule is COc1cc2[nH]c3c(=S)nc[nH]c3c2cc1OC. The highest BCUT2D eigenvalue weighted by Crippen LogP contribution is 2.34. The van der Waals surface area contributed by atoms with Gasteiger partial charge in [-0.25, -0.2) is 4.98 Å². The third-order valence-corrected chi connectivity index (χ3v) is 3.22. The van der Waals surface area contributed by atoms with E-state index in [1.807, 2.05) is 12.1 Å². The second-order valence-corrected chi connectivity index (χ2v) is 4.22. The molecule has 3 aromatic rings. The third-order valence-electron chi connectivity index (χ3n) is 2.91. The molecule has 0 unspecified atom stereocenters. The fraction of sp³-hybridized carbons (Fsp3) is 0.167. The molecular formula is C12H11N3O2S. The van der Waals surface area contributed by atoms with Crippen molar-refractivity contribution < 1.29 is 9.47 Å². The van der Waals surface area contributed by atoms with Gasteiger partial charge >= 0.3 is 0 Å². The summed E-state index contributed by atoms with van der Waals surface area (Å²) in [6, 6.07) is 3.80. The number of aromatic amines is 2. The van der Waals surface area contributed by atoms with Crippen LogP contribution in [0.3, 0.4) is 0 Å². The van der Waals surface area contributed by atoms with Crippen LogP contribution in [0.25, 0.3) is 21.9 Å². The molecule has 0 radical (unpaired) electrons. The Morgan fingerprint density at radius 3 is 2.56 bits per heavy atom. The van der Waals surface area contributed by atoms with Crippen LogP contribution < -0.4 is 9.47 Å². The first-order chi connectivity index (χ1) is 8.74. The maximum atomic E-state index is 5.30. The Labute approximate surface area is 108 Å². The van der Waals surface area contributed by atoms with E-state index in [2.05, 4.69) is 15.0 Å². The van der Waals surface area contributed by atoms with Crippen molar-refractivity contribution in [3.05, 3.63) is 23.1 Å². The summed E-state index contributed by atoms with van der Waals surface area (Å²) in [5.74, 6) is 1.36. The highest BCUT2D eigenvalue weighted by Gasteiger charge is 2.11. The Morgan fingerprint density at radius 2 is 1.83 bits per heavy atom. The second-order valence-electron chi connectivity index (χ2n) is 3.84. The van der Waals surface area contributed by atoms with Crippen molar-refractivity contribution in [1.29, 1.82) is 0 Å². The number of H-pyrrole nitrogens is 2. The van der Waals surface area contributed by atoms with Gasteiger partial charge in [0.05, 0.1) is 31.6 Å². The molecule has 0 amide bonds. The van der Waals surface area contributed by atoms with Crippen LogP contribution in [0.2, 0.25) is 0 Å². The van der Waals surface area contributed by atoms with Gasteiger partial charge in [0, 0.05) is 11.5 Å². The largest absolute Gasteiger partial charge is 0.493 e. The minimum Gasteiger partial charge on any atom is -0.493 e. The quantitative estimate of drug-likeness (QED) is 0.696. The highest BCUT2D eigenvalue weighted by molar-refractivity contribution is 7.71. The van der Waals surface area contributed by atoms with E-state index in [-0.39, 0.29) is 0 Å². The Balaban J connectivity index is 2.47. The molecule has 0 saturated heterocycles. The molecule has 0 saturated carbocycles. The van der Waals surface area contributed by atoms with Crippen molar-refractivity contribution in [2.45, 2.75) is 0 Å². The summed E-state index contributed by atoms with van der Waals surface area (Å²) < 4.78 is 11.1. The molecule has 3 rings (SSSR count). The number of fused-ring (bicyclic) bond motifs is 3. The molecule has 2 heterocycles. The highest BCUT2D eigenvalue weighted by atomic mass is 32.1. The average molecular weight is 261 g/mol. The second kappa shape index (κ2) is 3.99. The van der Waals surface area contributed by atoms with E-state index in [1.165, 1.54) is 0 Å². The van der Waals surface area contributed by atoms with Gasteiger partial charge in [0.2, 0.25) is 0 Å². The van der Waals surface area contributed by atoms with Crippen molar-refractivity contribution in [2.75, 3.05) is 14.2 Å². The molecule has 2 N–H and O–H groups in total. The van der Waals surface area contributed by atoms with Gasteiger partial charge in [-0.15, -0.1) is 0 Å². The van der Waals surface area contributed by atoms with Crippen molar-refractivity contribution in [3.63, 3.8) is 0 Å². The number of nitrogens with one attached hydrogen (secondary N) is 2. The number of hydrogen-bond donors (Lipinski definition) is 2. The zero-order valence-corrected chi connectivity index (χ0v) is 10.7. The zero-order valence-electron chi connectivity index (χ0n) is 9.90. The number of ether oxygens (including phenoxy) is 2. The van der Waals surface area contributed by atoms with E-state index in [0.29, 0.717) is 16.1 Å². The van der Waals surface area contributed by atoms with Crippen molar-refractivity contribution in [1.82, 2.24) is 15.0 Å². The van der Waals surface area contributed by atoms with E-state index >= 15 is 0 Å². The minimum atomic E-state index is 0.540. The van der Waals surface area contributed by atoms with Crippen LogP contribution in [0.5, 0.6) is 11.5 Å². The number of nitrogens with zero attached hydrogens (tertiary/aromatic N) is 1. The molecule has 0 spiro atoms. The first-order valence-corrected chi connectivity index (χ1v) is 5.76. The first kappa shape index (κ1) is 11.0. The summed E-state index contributed by atoms with van der Waals surface area (Å²) >= 11 is 5.19. The molecule has 92 valence electrons. The smallest absolute Gasteiger partial charge is 0.162 e. The van der Waals surface area contributed by atoms with Crippen molar-refractivity contribution in [3.8, 4) is 11.5 Å². The van der Waals surface area contributed by atoms with E-state index in [9.17, 15) is 0 Å². The molecule has 0 aliphatic rings. The summed E-state index contributed by atoms with van der Waals surface area (Å²) in [5.41, 5.74) is 2.67. The van der Waals surface area contributed by atoms with Crippen LogP contribution in [-0.2, 0) is 0 Å². The molecule has 0 aliphatic heterocycles.